The van der Waals surface area contributed by atoms with Crippen LogP contribution in [0.5, 0.6) is 0 Å². The summed E-state index contributed by atoms with van der Waals surface area (Å²) in [6, 6.07) is 19.6. The Kier molecular flexibility index (Phi) is 6.81. The van der Waals surface area contributed by atoms with Crippen molar-refractivity contribution in [1.82, 2.24) is 0 Å². The normalized spacial score (nSPS) is 11.0. The number of allylic oxidation sites excluding steroid dienone is 1. The van der Waals surface area contributed by atoms with Crippen LogP contribution in [0.2, 0.25) is 0 Å². The molecule has 0 spiro atoms. The van der Waals surface area contributed by atoms with E-state index >= 15 is 0 Å². The van der Waals surface area contributed by atoms with Crippen molar-refractivity contribution in [3.8, 4) is 0 Å². The van der Waals surface area contributed by atoms with Gasteiger partial charge in [-0.2, -0.15) is 0 Å². The zero-order chi connectivity index (χ0) is 14.4. The number of ether oxygens (including phenoxy) is 1. The van der Waals surface area contributed by atoms with Crippen LogP contribution in [0.4, 0.5) is 0 Å². The summed E-state index contributed by atoms with van der Waals surface area (Å²) in [5.74, 6) is -0.422. The quantitative estimate of drug-likeness (QED) is 0.437. The Balaban J connectivity index is 0.00000220. The molecule has 0 atom stereocenters. The van der Waals surface area contributed by atoms with Crippen molar-refractivity contribution >= 4 is 5.71 Å². The Labute approximate surface area is 137 Å². The third-order valence-corrected chi connectivity index (χ3v) is 2.85. The van der Waals surface area contributed by atoms with Crippen LogP contribution in [0.25, 0.3) is 0 Å². The van der Waals surface area contributed by atoms with E-state index in [-0.39, 0.29) is 18.9 Å². The van der Waals surface area contributed by atoms with Crippen molar-refractivity contribution < 1.29 is 28.7 Å². The average molecular weight is 273 g/mol. The molecule has 4 heteroatoms. The molecule has 0 saturated carbocycles. The van der Waals surface area contributed by atoms with Gasteiger partial charge in [0.15, 0.2) is 0 Å². The van der Waals surface area contributed by atoms with Gasteiger partial charge in [0.1, 0.15) is 0 Å². The largest absolute Gasteiger partial charge is 1.00 e. The van der Waals surface area contributed by atoms with Gasteiger partial charge in [-0.25, -0.2) is 0 Å². The second-order valence-corrected chi connectivity index (χ2v) is 4.27. The van der Waals surface area contributed by atoms with Gasteiger partial charge in [-0.15, -0.1) is 0 Å². The van der Waals surface area contributed by atoms with Crippen LogP contribution < -0.4 is 24.0 Å². The van der Waals surface area contributed by atoms with Crippen molar-refractivity contribution in [2.45, 2.75) is 6.92 Å². The number of hydrogen-bond acceptors (Lipinski definition) is 3. The second-order valence-electron chi connectivity index (χ2n) is 4.27. The molecule has 0 N–H and O–H groups in total. The van der Waals surface area contributed by atoms with Crippen molar-refractivity contribution in [3.63, 3.8) is 0 Å². The molecule has 2 rings (SSSR count). The first-order chi connectivity index (χ1) is 9.72. The fourth-order valence-electron chi connectivity index (χ4n) is 1.85. The molecule has 2 aromatic rings. The standard InChI is InChI=1S/C17H17NO2.Li/c1-13(17(19)20-2)18-16(14-9-5-3-6-10-14)15-11-7-4-8-12-15;/h3-12,19H,1-2H3;/q;+1/p-1/b17-13+;. The maximum absolute atomic E-state index is 11.5. The molecule has 0 aromatic heterocycles. The summed E-state index contributed by atoms with van der Waals surface area (Å²) in [7, 11) is 1.35. The van der Waals surface area contributed by atoms with Crippen LogP contribution >= 0.6 is 0 Å². The van der Waals surface area contributed by atoms with Gasteiger partial charge in [0.05, 0.1) is 17.4 Å². The van der Waals surface area contributed by atoms with Crippen molar-refractivity contribution in [1.29, 1.82) is 0 Å². The van der Waals surface area contributed by atoms with E-state index in [4.69, 9.17) is 4.74 Å². The number of hydrogen-bond donors (Lipinski definition) is 0. The average Bonchev–Trinajstić information content (AvgIpc) is 2.53. The first-order valence-electron chi connectivity index (χ1n) is 6.34. The Bertz CT molecular complexity index is 580. The van der Waals surface area contributed by atoms with Gasteiger partial charge in [-0.1, -0.05) is 60.7 Å². The molecule has 0 fully saturated rings. The van der Waals surface area contributed by atoms with Gasteiger partial charge >= 0.3 is 18.9 Å². The molecule has 0 saturated heterocycles. The monoisotopic (exact) mass is 273 g/mol. The van der Waals surface area contributed by atoms with Crippen LogP contribution in [0.15, 0.2) is 77.3 Å². The predicted octanol–water partition coefficient (Wildman–Crippen LogP) is -0.276. The Hall–Kier alpha value is -1.95. The van der Waals surface area contributed by atoms with Gasteiger partial charge in [-0.05, 0) is 14.0 Å². The maximum Gasteiger partial charge on any atom is 1.00 e. The predicted molar refractivity (Wildman–Crippen MR) is 78.2 cm³/mol. The van der Waals surface area contributed by atoms with E-state index in [1.54, 1.807) is 6.92 Å². The fraction of sp³-hybridized carbons (Fsp3) is 0.118. The van der Waals surface area contributed by atoms with Crippen LogP contribution in [-0.4, -0.2) is 12.8 Å². The summed E-state index contributed by atoms with van der Waals surface area (Å²) in [6.07, 6.45) is 0. The zero-order valence-electron chi connectivity index (χ0n) is 12.5. The van der Waals surface area contributed by atoms with Crippen LogP contribution in [0.1, 0.15) is 18.1 Å². The minimum absolute atomic E-state index is 0. The molecule has 0 aliphatic heterocycles. The summed E-state index contributed by atoms with van der Waals surface area (Å²) >= 11 is 0. The van der Waals surface area contributed by atoms with E-state index in [1.807, 2.05) is 60.7 Å². The summed E-state index contributed by atoms with van der Waals surface area (Å²) in [4.78, 5) is 4.45. The number of rotatable bonds is 4. The van der Waals surface area contributed by atoms with E-state index in [0.29, 0.717) is 5.70 Å². The molecule has 3 nitrogen and oxygen atoms in total. The SMILES string of the molecule is CO/C([O-])=C(\C)N=C(c1ccccc1)c1ccccc1.[Li+]. The molecule has 21 heavy (non-hydrogen) atoms. The van der Waals surface area contributed by atoms with Gasteiger partial charge in [0.25, 0.3) is 0 Å². The van der Waals surface area contributed by atoms with Crippen molar-refractivity contribution in [3.05, 3.63) is 83.4 Å². The molecule has 0 heterocycles. The molecular formula is C17H16LiNO2. The number of benzene rings is 2. The smallest absolute Gasteiger partial charge is 0.615 e. The molecule has 0 aliphatic rings. The minimum atomic E-state index is -0.422. The summed E-state index contributed by atoms with van der Waals surface area (Å²) in [5.41, 5.74) is 3.01. The molecule has 0 bridgehead atoms. The van der Waals surface area contributed by atoms with Gasteiger partial charge in [-0.3, -0.25) is 4.99 Å². The molecule has 102 valence electrons. The minimum Gasteiger partial charge on any atom is -0.615 e. The van der Waals surface area contributed by atoms with Gasteiger partial charge < -0.3 is 9.84 Å². The summed E-state index contributed by atoms with van der Waals surface area (Å²) in [5, 5.41) is 11.5. The van der Waals surface area contributed by atoms with E-state index in [2.05, 4.69) is 4.99 Å². The Morgan fingerprint density at radius 1 is 0.905 bits per heavy atom. The Morgan fingerprint density at radius 2 is 1.33 bits per heavy atom. The number of nitrogens with zero attached hydrogens (tertiary/aromatic N) is 1. The second kappa shape index (κ2) is 8.36. The topological polar surface area (TPSA) is 44.6 Å². The molecule has 0 amide bonds. The van der Waals surface area contributed by atoms with E-state index in [1.165, 1.54) is 7.11 Å². The third kappa shape index (κ3) is 4.53. The molecule has 0 aliphatic carbocycles. The molecule has 0 unspecified atom stereocenters. The van der Waals surface area contributed by atoms with Gasteiger partial charge in [0.2, 0.25) is 0 Å². The maximum atomic E-state index is 11.5. The first kappa shape index (κ1) is 17.1. The third-order valence-electron chi connectivity index (χ3n) is 2.85. The van der Waals surface area contributed by atoms with Crippen LogP contribution in [-0.2, 0) is 4.74 Å². The first-order valence-corrected chi connectivity index (χ1v) is 6.34. The van der Waals surface area contributed by atoms with Gasteiger partial charge in [0, 0.05) is 11.1 Å². The van der Waals surface area contributed by atoms with E-state index < -0.39 is 5.95 Å². The zero-order valence-corrected chi connectivity index (χ0v) is 12.5. The Morgan fingerprint density at radius 3 is 1.71 bits per heavy atom. The fourth-order valence-corrected chi connectivity index (χ4v) is 1.85. The molecule has 0 radical (unpaired) electrons. The summed E-state index contributed by atoms with van der Waals surface area (Å²) < 4.78 is 4.70. The van der Waals surface area contributed by atoms with E-state index in [9.17, 15) is 5.11 Å². The van der Waals surface area contributed by atoms with Crippen molar-refractivity contribution in [2.24, 2.45) is 4.99 Å². The van der Waals surface area contributed by atoms with Crippen molar-refractivity contribution in [2.75, 3.05) is 7.11 Å². The van der Waals surface area contributed by atoms with E-state index in [0.717, 1.165) is 16.8 Å². The molecular weight excluding hydrogens is 257 g/mol. The van der Waals surface area contributed by atoms with Crippen LogP contribution in [0.3, 0.4) is 0 Å². The number of methoxy groups -OCH3 is 1. The number of aliphatic imine (C=N–C) groups is 1. The summed E-state index contributed by atoms with van der Waals surface area (Å²) in [6.45, 7) is 1.65. The van der Waals surface area contributed by atoms with Crippen LogP contribution in [0, 0.1) is 0 Å². The molecule has 2 aromatic carbocycles.